The number of hydrogen-bond donors (Lipinski definition) is 0. The number of allylic oxidation sites excluding steroid dienone is 6. The van der Waals surface area contributed by atoms with Gasteiger partial charge in [0.2, 0.25) is 0 Å². The lowest BCUT2D eigenvalue weighted by Crippen LogP contribution is -1.78. The van der Waals surface area contributed by atoms with E-state index in [9.17, 15) is 0 Å². The van der Waals surface area contributed by atoms with Crippen molar-refractivity contribution in [2.75, 3.05) is 0 Å². The smallest absolute Gasteiger partial charge is 0.00941 e. The van der Waals surface area contributed by atoms with Crippen LogP contribution in [0.1, 0.15) is 12.0 Å². The van der Waals surface area contributed by atoms with E-state index in [1.54, 1.807) is 0 Å². The average Bonchev–Trinajstić information content (AvgIpc) is 2.72. The molecule has 0 unspecified atom stereocenters. The van der Waals surface area contributed by atoms with Crippen LogP contribution in [0.4, 0.5) is 0 Å². The van der Waals surface area contributed by atoms with Crippen LogP contribution in [0.2, 0.25) is 0 Å². The lowest BCUT2D eigenvalue weighted by molar-refractivity contribution is 1.27. The fraction of sp³-hybridized carbons (Fsp3) is 0.143. The maximum absolute atomic E-state index is 2.24. The molecule has 0 nitrogen and oxygen atoms in total. The molecule has 1 aromatic carbocycles. The SMILES string of the molecule is C1=CC(C=CCc2ccccc2)=CC1. The van der Waals surface area contributed by atoms with Gasteiger partial charge >= 0.3 is 0 Å². The van der Waals surface area contributed by atoms with E-state index >= 15 is 0 Å². The molecule has 1 aliphatic rings. The number of hydrogen-bond acceptors (Lipinski definition) is 0. The molecular weight excluding hydrogens is 168 g/mol. The van der Waals surface area contributed by atoms with Gasteiger partial charge in [0.25, 0.3) is 0 Å². The Balaban J connectivity index is 1.91. The lowest BCUT2D eigenvalue weighted by atomic mass is 10.1. The van der Waals surface area contributed by atoms with E-state index in [0.29, 0.717) is 0 Å². The van der Waals surface area contributed by atoms with Crippen molar-refractivity contribution in [2.24, 2.45) is 0 Å². The summed E-state index contributed by atoms with van der Waals surface area (Å²) >= 11 is 0. The van der Waals surface area contributed by atoms with Crippen LogP contribution in [-0.2, 0) is 6.42 Å². The number of benzene rings is 1. The minimum atomic E-state index is 1.02. The predicted molar refractivity (Wildman–Crippen MR) is 61.1 cm³/mol. The lowest BCUT2D eigenvalue weighted by Gasteiger charge is -1.94. The highest BCUT2D eigenvalue weighted by Gasteiger charge is 1.91. The van der Waals surface area contributed by atoms with Gasteiger partial charge in [-0.25, -0.2) is 0 Å². The molecule has 0 radical (unpaired) electrons. The molecule has 0 heteroatoms. The van der Waals surface area contributed by atoms with Crippen LogP contribution < -0.4 is 0 Å². The highest BCUT2D eigenvalue weighted by molar-refractivity contribution is 5.36. The van der Waals surface area contributed by atoms with Gasteiger partial charge in [0.15, 0.2) is 0 Å². The first kappa shape index (κ1) is 9.01. The molecule has 70 valence electrons. The van der Waals surface area contributed by atoms with Crippen LogP contribution in [0, 0.1) is 0 Å². The summed E-state index contributed by atoms with van der Waals surface area (Å²) in [5, 5.41) is 0. The molecule has 0 aliphatic heterocycles. The Hall–Kier alpha value is -1.56. The molecular formula is C14H14. The van der Waals surface area contributed by atoms with Crippen molar-refractivity contribution < 1.29 is 0 Å². The first-order valence-corrected chi connectivity index (χ1v) is 5.02. The van der Waals surface area contributed by atoms with Gasteiger partial charge in [-0.1, -0.05) is 60.7 Å². The van der Waals surface area contributed by atoms with Gasteiger partial charge in [0, 0.05) is 0 Å². The van der Waals surface area contributed by atoms with Crippen molar-refractivity contribution >= 4 is 0 Å². The topological polar surface area (TPSA) is 0 Å². The van der Waals surface area contributed by atoms with Crippen molar-refractivity contribution in [3.05, 3.63) is 71.8 Å². The Morgan fingerprint density at radius 1 is 1.14 bits per heavy atom. The molecule has 2 rings (SSSR count). The van der Waals surface area contributed by atoms with Crippen LogP contribution in [0.25, 0.3) is 0 Å². The molecule has 0 bridgehead atoms. The van der Waals surface area contributed by atoms with Gasteiger partial charge in [-0.15, -0.1) is 0 Å². The van der Waals surface area contributed by atoms with Crippen LogP contribution in [0.15, 0.2) is 66.3 Å². The third kappa shape index (κ3) is 2.46. The fourth-order valence-corrected chi connectivity index (χ4v) is 1.55. The van der Waals surface area contributed by atoms with Gasteiger partial charge < -0.3 is 0 Å². The maximum atomic E-state index is 2.24. The third-order valence-electron chi connectivity index (χ3n) is 2.31. The van der Waals surface area contributed by atoms with E-state index in [2.05, 4.69) is 60.7 Å². The summed E-state index contributed by atoms with van der Waals surface area (Å²) in [4.78, 5) is 0. The van der Waals surface area contributed by atoms with Gasteiger partial charge in [0.05, 0.1) is 0 Å². The zero-order valence-corrected chi connectivity index (χ0v) is 8.19. The Bertz CT molecular complexity index is 366. The minimum absolute atomic E-state index is 1.02. The predicted octanol–water partition coefficient (Wildman–Crippen LogP) is 3.67. The minimum Gasteiger partial charge on any atom is -0.0801 e. The summed E-state index contributed by atoms with van der Waals surface area (Å²) in [6.07, 6.45) is 13.1. The summed E-state index contributed by atoms with van der Waals surface area (Å²) in [7, 11) is 0. The second kappa shape index (κ2) is 4.61. The molecule has 1 aliphatic carbocycles. The Kier molecular flexibility index (Phi) is 2.97. The maximum Gasteiger partial charge on any atom is -0.00941 e. The Labute approximate surface area is 85.3 Å². The van der Waals surface area contributed by atoms with E-state index in [1.165, 1.54) is 11.1 Å². The van der Waals surface area contributed by atoms with Crippen LogP contribution in [0.5, 0.6) is 0 Å². The highest BCUT2D eigenvalue weighted by Crippen LogP contribution is 2.10. The second-order valence-electron chi connectivity index (χ2n) is 3.43. The molecule has 0 saturated heterocycles. The van der Waals surface area contributed by atoms with Gasteiger partial charge in [-0.2, -0.15) is 0 Å². The molecule has 0 fully saturated rings. The van der Waals surface area contributed by atoms with E-state index in [4.69, 9.17) is 0 Å². The Morgan fingerprint density at radius 3 is 2.71 bits per heavy atom. The van der Waals surface area contributed by atoms with Crippen molar-refractivity contribution in [1.29, 1.82) is 0 Å². The van der Waals surface area contributed by atoms with Crippen molar-refractivity contribution in [3.63, 3.8) is 0 Å². The van der Waals surface area contributed by atoms with Crippen LogP contribution >= 0.6 is 0 Å². The largest absolute Gasteiger partial charge is 0.0801 e. The van der Waals surface area contributed by atoms with Crippen molar-refractivity contribution in [1.82, 2.24) is 0 Å². The van der Waals surface area contributed by atoms with E-state index in [1.807, 2.05) is 0 Å². The van der Waals surface area contributed by atoms with Gasteiger partial charge in [0.1, 0.15) is 0 Å². The third-order valence-corrected chi connectivity index (χ3v) is 2.31. The molecule has 1 aromatic rings. The van der Waals surface area contributed by atoms with Gasteiger partial charge in [-0.05, 0) is 24.0 Å². The average molecular weight is 182 g/mol. The molecule has 0 aromatic heterocycles. The summed E-state index contributed by atoms with van der Waals surface area (Å²) in [5.74, 6) is 0. The summed E-state index contributed by atoms with van der Waals surface area (Å²) in [6.45, 7) is 0. The second-order valence-corrected chi connectivity index (χ2v) is 3.43. The zero-order chi connectivity index (χ0) is 9.64. The van der Waals surface area contributed by atoms with Crippen molar-refractivity contribution in [2.45, 2.75) is 12.8 Å². The van der Waals surface area contributed by atoms with Crippen molar-refractivity contribution in [3.8, 4) is 0 Å². The van der Waals surface area contributed by atoms with Crippen LogP contribution in [0.3, 0.4) is 0 Å². The molecule has 0 spiro atoms. The molecule has 0 atom stereocenters. The van der Waals surface area contributed by atoms with E-state index in [0.717, 1.165) is 12.8 Å². The summed E-state index contributed by atoms with van der Waals surface area (Å²) < 4.78 is 0. The first-order valence-electron chi connectivity index (χ1n) is 5.02. The van der Waals surface area contributed by atoms with E-state index in [-0.39, 0.29) is 0 Å². The Morgan fingerprint density at radius 2 is 2.00 bits per heavy atom. The quantitative estimate of drug-likeness (QED) is 0.669. The summed E-state index contributed by atoms with van der Waals surface area (Å²) in [5.41, 5.74) is 2.70. The van der Waals surface area contributed by atoms with Gasteiger partial charge in [-0.3, -0.25) is 0 Å². The standard InChI is InChI=1S/C14H14/c1-2-7-13(8-3-1)11-6-12-14-9-4-5-10-14/h1-4,6-10,12H,5,11H2. The summed E-state index contributed by atoms with van der Waals surface area (Å²) in [6, 6.07) is 10.5. The molecule has 0 N–H and O–H groups in total. The zero-order valence-electron chi connectivity index (χ0n) is 8.19. The number of rotatable bonds is 3. The fourth-order valence-electron chi connectivity index (χ4n) is 1.55. The normalized spacial score (nSPS) is 15.0. The van der Waals surface area contributed by atoms with E-state index < -0.39 is 0 Å². The highest BCUT2D eigenvalue weighted by atomic mass is 14.0. The molecule has 0 amide bonds. The molecule has 14 heavy (non-hydrogen) atoms. The molecule has 0 saturated carbocycles. The monoisotopic (exact) mass is 182 g/mol. The molecule has 0 heterocycles. The first-order chi connectivity index (χ1) is 6.95. The van der Waals surface area contributed by atoms with Crippen LogP contribution in [-0.4, -0.2) is 0 Å².